The quantitative estimate of drug-likeness (QED) is 0.0801. The molecule has 1 heterocycles. The number of rotatable bonds is 18. The molecule has 0 saturated carbocycles. The number of furan rings is 1. The van der Waals surface area contributed by atoms with Gasteiger partial charge in [-0.15, -0.1) is 0 Å². The van der Waals surface area contributed by atoms with Gasteiger partial charge in [0.2, 0.25) is 0 Å². The van der Waals surface area contributed by atoms with Crippen LogP contribution in [0.5, 0.6) is 23.0 Å². The van der Waals surface area contributed by atoms with Crippen LogP contribution in [0.1, 0.15) is 108 Å². The van der Waals surface area contributed by atoms with Crippen molar-refractivity contribution in [2.45, 2.75) is 63.2 Å². The van der Waals surface area contributed by atoms with Gasteiger partial charge in [-0.05, 0) is 268 Å². The molecule has 5 nitrogen and oxygen atoms in total. The normalized spacial score (nSPS) is 14.6. The van der Waals surface area contributed by atoms with Gasteiger partial charge in [0, 0.05) is 57.0 Å². The summed E-state index contributed by atoms with van der Waals surface area (Å²) in [6, 6.07) is 117. The molecule has 0 fully saturated rings. The van der Waals surface area contributed by atoms with E-state index in [1.807, 2.05) is 155 Å². The molecule has 2 unspecified atom stereocenters. The van der Waals surface area contributed by atoms with Crippen LogP contribution in [-0.4, -0.2) is 0 Å². The summed E-state index contributed by atoms with van der Waals surface area (Å²) in [5, 5.41) is 1.43. The van der Waals surface area contributed by atoms with Gasteiger partial charge in [0.25, 0.3) is 0 Å². The molecule has 9 heteroatoms. The zero-order valence-corrected chi connectivity index (χ0v) is 66.7. The summed E-state index contributed by atoms with van der Waals surface area (Å²) >= 11 is 0. The maximum Gasteiger partial charge on any atom is 0.160 e. The van der Waals surface area contributed by atoms with Crippen LogP contribution in [0.4, 0.5) is 51.7 Å². The first-order valence-corrected chi connectivity index (χ1v) is 40.1. The molecule has 19 rings (SSSR count). The summed E-state index contributed by atoms with van der Waals surface area (Å²) in [6.07, 6.45) is 3.62. The number of ether oxygens (including phenoxy) is 2. The van der Waals surface area contributed by atoms with E-state index in [4.69, 9.17) is 13.9 Å². The van der Waals surface area contributed by atoms with E-state index >= 15 is 17.6 Å². The van der Waals surface area contributed by atoms with Crippen molar-refractivity contribution in [2.24, 2.45) is 0 Å². The van der Waals surface area contributed by atoms with Crippen LogP contribution in [0, 0.1) is 23.3 Å². The highest BCUT2D eigenvalue weighted by Crippen LogP contribution is 2.60. The molecule has 2 aliphatic rings. The number of halogens is 4. The minimum Gasteiger partial charge on any atom is -0.457 e. The molecular weight excluding hydrogens is 1470 g/mol. The Labute approximate surface area is 691 Å². The van der Waals surface area contributed by atoms with Crippen molar-refractivity contribution in [3.05, 3.63) is 455 Å². The standard InChI is InChI=1S/C110H82F4N2O3/c1-9-69-25-47-87(48-26-69)117-89-51-39-79(40-52-89)109(77-35-31-75(32-36-77)107(3,4)5)97-23-13-11-21-91(97)93-55-29-73(63-99(93)109)71-17-15-19-81(61-71)115(85-43-57-101(111)103(113)67-85)83-45-59-105-95(65-83)96-66-84(46-60-106(96)119-105)116(86-44-58-102(112)104(114)68-86)82-20-16-18-72(62-82)74-30-56-94-92-22-12-14-24-98(92)110(100(94)64-74,78-37-33-76(34-38-78)108(6,7)8)80-41-53-90(54-42-80)118-88-49-27-70(10-2)28-50-88/h9-68H,1-2H2,3-8H3. The maximum atomic E-state index is 16.0. The van der Waals surface area contributed by atoms with Crippen molar-refractivity contribution < 1.29 is 31.5 Å². The summed E-state index contributed by atoms with van der Waals surface area (Å²) in [6.45, 7) is 21.2. The van der Waals surface area contributed by atoms with Crippen molar-refractivity contribution in [3.8, 4) is 67.5 Å². The largest absolute Gasteiger partial charge is 0.457 e. The second kappa shape index (κ2) is 29.5. The van der Waals surface area contributed by atoms with Crippen LogP contribution in [0.15, 0.2) is 369 Å². The molecule has 17 aromatic rings. The molecule has 16 aromatic carbocycles. The van der Waals surface area contributed by atoms with Crippen LogP contribution in [0.3, 0.4) is 0 Å². The van der Waals surface area contributed by atoms with Crippen molar-refractivity contribution in [1.29, 1.82) is 0 Å². The van der Waals surface area contributed by atoms with Gasteiger partial charge in [0.1, 0.15) is 34.2 Å². The van der Waals surface area contributed by atoms with E-state index in [2.05, 4.69) is 237 Å². The molecule has 0 spiro atoms. The lowest BCUT2D eigenvalue weighted by Crippen LogP contribution is -2.29. The molecular formula is C110H82F4N2O3. The van der Waals surface area contributed by atoms with E-state index in [0.29, 0.717) is 67.6 Å². The molecule has 0 radical (unpaired) electrons. The van der Waals surface area contributed by atoms with Crippen LogP contribution >= 0.6 is 0 Å². The fourth-order valence-electron chi connectivity index (χ4n) is 17.9. The van der Waals surface area contributed by atoms with Crippen LogP contribution in [0.25, 0.3) is 78.6 Å². The first-order chi connectivity index (χ1) is 57.7. The van der Waals surface area contributed by atoms with Gasteiger partial charge in [-0.25, -0.2) is 17.6 Å². The molecule has 119 heavy (non-hydrogen) atoms. The number of hydrogen-bond acceptors (Lipinski definition) is 5. The smallest absolute Gasteiger partial charge is 0.160 e. The average molecular weight is 1560 g/mol. The Hall–Kier alpha value is -14.3. The van der Waals surface area contributed by atoms with E-state index in [1.54, 1.807) is 12.1 Å². The number of benzene rings is 16. The summed E-state index contributed by atoms with van der Waals surface area (Å²) in [5.74, 6) is -1.13. The van der Waals surface area contributed by atoms with E-state index in [-0.39, 0.29) is 10.8 Å². The zero-order chi connectivity index (χ0) is 81.6. The number of fused-ring (bicyclic) bond motifs is 9. The topological polar surface area (TPSA) is 38.1 Å². The number of hydrogen-bond donors (Lipinski definition) is 0. The first kappa shape index (κ1) is 74.8. The number of nitrogens with zero attached hydrogens (tertiary/aromatic N) is 2. The van der Waals surface area contributed by atoms with E-state index < -0.39 is 34.1 Å². The van der Waals surface area contributed by atoms with Gasteiger partial charge in [0.05, 0.1) is 10.8 Å². The van der Waals surface area contributed by atoms with E-state index in [1.165, 1.54) is 23.3 Å². The number of anilines is 6. The van der Waals surface area contributed by atoms with Gasteiger partial charge >= 0.3 is 0 Å². The van der Waals surface area contributed by atoms with Crippen molar-refractivity contribution >= 4 is 68.2 Å². The Balaban J connectivity index is 0.710. The van der Waals surface area contributed by atoms with Gasteiger partial charge in [-0.2, -0.15) is 0 Å². The summed E-state index contributed by atoms with van der Waals surface area (Å²) in [7, 11) is 0. The fourth-order valence-corrected chi connectivity index (χ4v) is 17.9. The predicted molar refractivity (Wildman–Crippen MR) is 479 cm³/mol. The summed E-state index contributed by atoms with van der Waals surface area (Å²) in [5.41, 5.74) is 24.2. The van der Waals surface area contributed by atoms with Crippen molar-refractivity contribution in [1.82, 2.24) is 0 Å². The van der Waals surface area contributed by atoms with E-state index in [0.717, 1.165) is 124 Å². The van der Waals surface area contributed by atoms with E-state index in [9.17, 15) is 0 Å². The lowest BCUT2D eigenvalue weighted by Gasteiger charge is -2.35. The lowest BCUT2D eigenvalue weighted by molar-refractivity contribution is 0.482. The lowest BCUT2D eigenvalue weighted by atomic mass is 9.67. The minimum atomic E-state index is -1.01. The predicted octanol–water partition coefficient (Wildman–Crippen LogP) is 30.6. The molecule has 2 atom stereocenters. The molecule has 0 N–H and O–H groups in total. The highest BCUT2D eigenvalue weighted by atomic mass is 19.2. The molecule has 0 amide bonds. The molecule has 0 bridgehead atoms. The summed E-state index contributed by atoms with van der Waals surface area (Å²) in [4.78, 5) is 3.85. The van der Waals surface area contributed by atoms with Crippen molar-refractivity contribution in [2.75, 3.05) is 9.80 Å². The van der Waals surface area contributed by atoms with Gasteiger partial charge in [0.15, 0.2) is 23.3 Å². The second-order valence-corrected chi connectivity index (χ2v) is 33.0. The third-order valence-electron chi connectivity index (χ3n) is 23.9. The molecule has 1 aromatic heterocycles. The van der Waals surface area contributed by atoms with Crippen molar-refractivity contribution in [3.63, 3.8) is 0 Å². The Morgan fingerprint density at radius 2 is 0.605 bits per heavy atom. The Morgan fingerprint density at radius 1 is 0.286 bits per heavy atom. The molecule has 0 saturated heterocycles. The van der Waals surface area contributed by atoms with Crippen LogP contribution in [-0.2, 0) is 21.7 Å². The van der Waals surface area contributed by atoms with Gasteiger partial charge in [-0.3, -0.25) is 0 Å². The van der Waals surface area contributed by atoms with Crippen LogP contribution in [0.2, 0.25) is 0 Å². The Morgan fingerprint density at radius 3 is 0.966 bits per heavy atom. The highest BCUT2D eigenvalue weighted by molar-refractivity contribution is 6.08. The Kier molecular flexibility index (Phi) is 18.5. The maximum absolute atomic E-state index is 16.0. The summed E-state index contributed by atoms with van der Waals surface area (Å²) < 4.78 is 82.2. The third-order valence-corrected chi connectivity index (χ3v) is 23.9. The molecule has 0 aliphatic heterocycles. The third kappa shape index (κ3) is 13.1. The first-order valence-electron chi connectivity index (χ1n) is 40.1. The minimum absolute atomic E-state index is 0.0900. The zero-order valence-electron chi connectivity index (χ0n) is 66.7. The highest BCUT2D eigenvalue weighted by Gasteiger charge is 2.48. The van der Waals surface area contributed by atoms with Gasteiger partial charge < -0.3 is 23.7 Å². The molecule has 578 valence electrons. The average Bonchev–Trinajstić information content (AvgIpc) is 1.55. The molecule has 2 aliphatic carbocycles. The van der Waals surface area contributed by atoms with Crippen LogP contribution < -0.4 is 19.3 Å². The fraction of sp³-hybridized carbons (Fsp3) is 0.0909. The van der Waals surface area contributed by atoms with Gasteiger partial charge in [-0.1, -0.05) is 261 Å². The SMILES string of the molecule is C=Cc1ccc(Oc2ccc(C3(c4ccc(C(C)(C)C)cc4)c4ccccc4-c4ccc(-c5cccc(N(c6ccc(F)c(F)c6)c6ccc7oc8ccc(N(c9cccc(-c%10ccc%11c(c%10)C(c%10ccc(Oc%12ccc(C=C)cc%12)cc%10)(c%10ccc(C(C)(C)C)cc%10)c%10ccccc%10-%11)c9)c9ccc(F)c(F)c9)cc8c7c6)c5)cc43)cc2)cc1. The Bertz CT molecular complexity index is 6420. The second-order valence-electron chi connectivity index (χ2n) is 33.0. The monoisotopic (exact) mass is 1550 g/mol.